The van der Waals surface area contributed by atoms with Gasteiger partial charge in [-0.2, -0.15) is 0 Å². The normalized spacial score (nSPS) is 10.1. The molecule has 0 unspecified atom stereocenters. The number of ketones is 1. The molecule has 0 saturated heterocycles. The third-order valence-electron chi connectivity index (χ3n) is 1.83. The first kappa shape index (κ1) is 10.4. The minimum Gasteiger partial charge on any atom is -0.398 e. The standard InChI is InChI=1S/C9H9Cl2NO/c1-5-6(11)2-3-7(12)9(5)8(13)4-10/h2-3H,4,12H2,1H3. The summed E-state index contributed by atoms with van der Waals surface area (Å²) in [6.45, 7) is 1.75. The Kier molecular flexibility index (Phi) is 3.17. The lowest BCUT2D eigenvalue weighted by atomic mass is 10.0. The fourth-order valence-corrected chi connectivity index (χ4v) is 1.44. The minimum atomic E-state index is -0.195. The molecule has 0 saturated carbocycles. The molecule has 0 radical (unpaired) electrons. The Bertz CT molecular complexity index is 350. The number of Topliss-reactive ketones (excluding diaryl/α,β-unsaturated/α-hetero) is 1. The van der Waals surface area contributed by atoms with Gasteiger partial charge in [0.25, 0.3) is 0 Å². The van der Waals surface area contributed by atoms with Gasteiger partial charge in [0.2, 0.25) is 0 Å². The number of anilines is 1. The van der Waals surface area contributed by atoms with Crippen molar-refractivity contribution in [3.63, 3.8) is 0 Å². The summed E-state index contributed by atoms with van der Waals surface area (Å²) in [5.41, 5.74) is 7.17. The monoisotopic (exact) mass is 217 g/mol. The number of carbonyl (C=O) groups is 1. The summed E-state index contributed by atoms with van der Waals surface area (Å²) in [7, 11) is 0. The van der Waals surface area contributed by atoms with Crippen molar-refractivity contribution in [2.45, 2.75) is 6.92 Å². The number of carbonyl (C=O) groups excluding carboxylic acids is 1. The summed E-state index contributed by atoms with van der Waals surface area (Å²) in [6, 6.07) is 3.27. The van der Waals surface area contributed by atoms with E-state index in [0.29, 0.717) is 21.8 Å². The fraction of sp³-hybridized carbons (Fsp3) is 0.222. The predicted octanol–water partition coefficient (Wildman–Crippen LogP) is 2.65. The summed E-state index contributed by atoms with van der Waals surface area (Å²) in [6.07, 6.45) is 0. The van der Waals surface area contributed by atoms with Gasteiger partial charge >= 0.3 is 0 Å². The molecule has 0 aliphatic heterocycles. The number of nitrogens with two attached hydrogens (primary N) is 1. The van der Waals surface area contributed by atoms with Crippen LogP contribution in [0.2, 0.25) is 5.02 Å². The smallest absolute Gasteiger partial charge is 0.179 e. The number of hydrogen-bond acceptors (Lipinski definition) is 2. The molecule has 0 spiro atoms. The number of benzene rings is 1. The molecule has 0 heterocycles. The molecule has 0 aliphatic rings. The number of halogens is 2. The maximum atomic E-state index is 11.3. The quantitative estimate of drug-likeness (QED) is 0.471. The second-order valence-electron chi connectivity index (χ2n) is 2.69. The van der Waals surface area contributed by atoms with E-state index in [0.717, 1.165) is 0 Å². The van der Waals surface area contributed by atoms with Crippen molar-refractivity contribution in [3.05, 3.63) is 28.3 Å². The number of nitrogen functional groups attached to an aromatic ring is 1. The molecule has 4 heteroatoms. The van der Waals surface area contributed by atoms with Crippen LogP contribution in [0, 0.1) is 6.92 Å². The van der Waals surface area contributed by atoms with Crippen LogP contribution in [0.4, 0.5) is 5.69 Å². The zero-order valence-corrected chi connectivity index (χ0v) is 8.62. The first-order valence-electron chi connectivity index (χ1n) is 3.71. The second-order valence-corrected chi connectivity index (χ2v) is 3.37. The maximum Gasteiger partial charge on any atom is 0.179 e. The number of rotatable bonds is 2. The third-order valence-corrected chi connectivity index (χ3v) is 2.48. The van der Waals surface area contributed by atoms with Gasteiger partial charge in [-0.3, -0.25) is 4.79 Å². The number of hydrogen-bond donors (Lipinski definition) is 1. The van der Waals surface area contributed by atoms with Gasteiger partial charge in [0.1, 0.15) is 0 Å². The Morgan fingerprint density at radius 1 is 1.54 bits per heavy atom. The van der Waals surface area contributed by atoms with Crippen LogP contribution < -0.4 is 5.73 Å². The van der Waals surface area contributed by atoms with Crippen molar-refractivity contribution in [2.24, 2.45) is 0 Å². The Morgan fingerprint density at radius 3 is 2.69 bits per heavy atom. The molecule has 70 valence electrons. The molecular weight excluding hydrogens is 209 g/mol. The van der Waals surface area contributed by atoms with Crippen molar-refractivity contribution in [3.8, 4) is 0 Å². The first-order valence-corrected chi connectivity index (χ1v) is 4.63. The van der Waals surface area contributed by atoms with E-state index in [1.54, 1.807) is 19.1 Å². The molecule has 1 aromatic carbocycles. The summed E-state index contributed by atoms with van der Waals surface area (Å²) in [5.74, 6) is -0.273. The molecule has 13 heavy (non-hydrogen) atoms. The second kappa shape index (κ2) is 3.99. The predicted molar refractivity (Wildman–Crippen MR) is 55.7 cm³/mol. The van der Waals surface area contributed by atoms with E-state index in [1.807, 2.05) is 0 Å². The Labute approximate surface area is 86.6 Å². The van der Waals surface area contributed by atoms with Gasteiger partial charge in [-0.25, -0.2) is 0 Å². The average Bonchev–Trinajstić information content (AvgIpc) is 2.12. The van der Waals surface area contributed by atoms with Crippen LogP contribution in [0.3, 0.4) is 0 Å². The minimum absolute atomic E-state index is 0.0780. The van der Waals surface area contributed by atoms with Crippen LogP contribution in [0.5, 0.6) is 0 Å². The van der Waals surface area contributed by atoms with Crippen molar-refractivity contribution >= 4 is 34.7 Å². The van der Waals surface area contributed by atoms with E-state index in [-0.39, 0.29) is 11.7 Å². The van der Waals surface area contributed by atoms with Gasteiger partial charge in [-0.15, -0.1) is 11.6 Å². The van der Waals surface area contributed by atoms with E-state index in [4.69, 9.17) is 28.9 Å². The Morgan fingerprint density at radius 2 is 2.15 bits per heavy atom. The molecule has 0 aromatic heterocycles. The van der Waals surface area contributed by atoms with Gasteiger partial charge in [0.15, 0.2) is 5.78 Å². The fourth-order valence-electron chi connectivity index (χ4n) is 1.14. The Balaban J connectivity index is 3.33. The van der Waals surface area contributed by atoms with Gasteiger partial charge in [0, 0.05) is 16.3 Å². The highest BCUT2D eigenvalue weighted by molar-refractivity contribution is 6.34. The van der Waals surface area contributed by atoms with Crippen molar-refractivity contribution in [1.29, 1.82) is 0 Å². The lowest BCUT2D eigenvalue weighted by molar-refractivity contribution is 0.102. The van der Waals surface area contributed by atoms with Crippen LogP contribution in [-0.4, -0.2) is 11.7 Å². The molecule has 2 N–H and O–H groups in total. The lowest BCUT2D eigenvalue weighted by Gasteiger charge is -2.07. The molecule has 0 bridgehead atoms. The molecule has 0 atom stereocenters. The molecule has 0 amide bonds. The van der Waals surface area contributed by atoms with Crippen LogP contribution in [0.15, 0.2) is 12.1 Å². The highest BCUT2D eigenvalue weighted by Gasteiger charge is 2.13. The van der Waals surface area contributed by atoms with E-state index in [2.05, 4.69) is 0 Å². The highest BCUT2D eigenvalue weighted by Crippen LogP contribution is 2.24. The van der Waals surface area contributed by atoms with Crippen molar-refractivity contribution in [2.75, 3.05) is 11.6 Å². The SMILES string of the molecule is Cc1c(Cl)ccc(N)c1C(=O)CCl. The van der Waals surface area contributed by atoms with Crippen LogP contribution >= 0.6 is 23.2 Å². The summed E-state index contributed by atoms with van der Waals surface area (Å²) in [5, 5.41) is 0.530. The third kappa shape index (κ3) is 1.95. The maximum absolute atomic E-state index is 11.3. The molecule has 1 rings (SSSR count). The van der Waals surface area contributed by atoms with E-state index >= 15 is 0 Å². The molecule has 0 fully saturated rings. The van der Waals surface area contributed by atoms with Crippen molar-refractivity contribution in [1.82, 2.24) is 0 Å². The Hall–Kier alpha value is -0.730. The van der Waals surface area contributed by atoms with Crippen molar-refractivity contribution < 1.29 is 4.79 Å². The molecule has 0 aliphatic carbocycles. The zero-order valence-electron chi connectivity index (χ0n) is 7.10. The van der Waals surface area contributed by atoms with E-state index < -0.39 is 0 Å². The lowest BCUT2D eigenvalue weighted by Crippen LogP contribution is -2.07. The van der Waals surface area contributed by atoms with E-state index in [1.165, 1.54) is 0 Å². The van der Waals surface area contributed by atoms with Gasteiger partial charge in [-0.05, 0) is 24.6 Å². The van der Waals surface area contributed by atoms with Crippen LogP contribution in [-0.2, 0) is 0 Å². The summed E-state index contributed by atoms with van der Waals surface area (Å²) in [4.78, 5) is 11.3. The first-order chi connectivity index (χ1) is 6.07. The van der Waals surface area contributed by atoms with Crippen LogP contribution in [0.25, 0.3) is 0 Å². The summed E-state index contributed by atoms with van der Waals surface area (Å²) < 4.78 is 0. The number of alkyl halides is 1. The average molecular weight is 218 g/mol. The molecular formula is C9H9Cl2NO. The van der Waals surface area contributed by atoms with Gasteiger partial charge < -0.3 is 5.73 Å². The zero-order chi connectivity index (χ0) is 10.0. The van der Waals surface area contributed by atoms with Gasteiger partial charge in [0.05, 0.1) is 5.88 Å². The summed E-state index contributed by atoms with van der Waals surface area (Å²) >= 11 is 11.3. The molecule has 1 aromatic rings. The topological polar surface area (TPSA) is 43.1 Å². The van der Waals surface area contributed by atoms with Crippen LogP contribution in [0.1, 0.15) is 15.9 Å². The highest BCUT2D eigenvalue weighted by atomic mass is 35.5. The molecule has 2 nitrogen and oxygen atoms in total. The largest absolute Gasteiger partial charge is 0.398 e. The van der Waals surface area contributed by atoms with Gasteiger partial charge in [-0.1, -0.05) is 11.6 Å². The van der Waals surface area contributed by atoms with E-state index in [9.17, 15) is 4.79 Å².